The molecular formula is C16H24N2O3. The molecule has 1 amide bonds. The van der Waals surface area contributed by atoms with E-state index in [1.807, 2.05) is 29.2 Å². The lowest BCUT2D eigenvalue weighted by atomic mass is 10.3. The van der Waals surface area contributed by atoms with Crippen LogP contribution in [0, 0.1) is 0 Å². The van der Waals surface area contributed by atoms with E-state index >= 15 is 0 Å². The number of carbonyl (C=O) groups excluding carboxylic acids is 1. The fraction of sp³-hybridized carbons (Fsp3) is 0.562. The van der Waals surface area contributed by atoms with Gasteiger partial charge in [0.1, 0.15) is 0 Å². The summed E-state index contributed by atoms with van der Waals surface area (Å²) in [6.07, 6.45) is 1.93. The van der Waals surface area contributed by atoms with Crippen molar-refractivity contribution < 1.29 is 14.3 Å². The van der Waals surface area contributed by atoms with Crippen LogP contribution in [0.25, 0.3) is 0 Å². The van der Waals surface area contributed by atoms with Gasteiger partial charge in [-0.1, -0.05) is 19.1 Å². The van der Waals surface area contributed by atoms with Gasteiger partial charge in [0.25, 0.3) is 5.91 Å². The van der Waals surface area contributed by atoms with Gasteiger partial charge in [-0.25, -0.2) is 0 Å². The van der Waals surface area contributed by atoms with Gasteiger partial charge in [-0.05, 0) is 31.5 Å². The standard InChI is InChI=1S/C16H24N2O3/c1-2-12-20-14-6-3-4-7-15(14)21-13-16(19)18-10-5-8-17-9-11-18/h3-4,6-7,17H,2,5,8-13H2,1H3. The number of nitrogens with zero attached hydrogens (tertiary/aromatic N) is 1. The van der Waals surface area contributed by atoms with E-state index in [0.29, 0.717) is 18.1 Å². The van der Waals surface area contributed by atoms with Gasteiger partial charge in [-0.15, -0.1) is 0 Å². The highest BCUT2D eigenvalue weighted by Crippen LogP contribution is 2.26. The molecule has 0 spiro atoms. The smallest absolute Gasteiger partial charge is 0.260 e. The van der Waals surface area contributed by atoms with Crippen molar-refractivity contribution in [3.63, 3.8) is 0 Å². The van der Waals surface area contributed by atoms with Crippen molar-refractivity contribution in [1.29, 1.82) is 0 Å². The van der Waals surface area contributed by atoms with Gasteiger partial charge in [-0.3, -0.25) is 4.79 Å². The van der Waals surface area contributed by atoms with Crippen molar-refractivity contribution in [3.8, 4) is 11.5 Å². The summed E-state index contributed by atoms with van der Waals surface area (Å²) in [6.45, 7) is 6.12. The summed E-state index contributed by atoms with van der Waals surface area (Å²) in [6, 6.07) is 7.49. The molecule has 116 valence electrons. The Morgan fingerprint density at radius 1 is 1.19 bits per heavy atom. The number of amides is 1. The van der Waals surface area contributed by atoms with E-state index in [0.717, 1.165) is 39.0 Å². The Labute approximate surface area is 126 Å². The molecule has 0 saturated carbocycles. The molecule has 5 nitrogen and oxygen atoms in total. The summed E-state index contributed by atoms with van der Waals surface area (Å²) in [4.78, 5) is 14.0. The van der Waals surface area contributed by atoms with Crippen molar-refractivity contribution in [2.45, 2.75) is 19.8 Å². The molecule has 0 radical (unpaired) electrons. The maximum atomic E-state index is 12.2. The zero-order valence-electron chi connectivity index (χ0n) is 12.6. The molecule has 1 aromatic rings. The van der Waals surface area contributed by atoms with E-state index in [1.54, 1.807) is 0 Å². The van der Waals surface area contributed by atoms with Crippen LogP contribution in [-0.2, 0) is 4.79 Å². The molecule has 0 atom stereocenters. The van der Waals surface area contributed by atoms with Gasteiger partial charge in [0.05, 0.1) is 6.61 Å². The monoisotopic (exact) mass is 292 g/mol. The second-order valence-corrected chi connectivity index (χ2v) is 5.07. The zero-order chi connectivity index (χ0) is 14.9. The number of hydrogen-bond acceptors (Lipinski definition) is 4. The summed E-state index contributed by atoms with van der Waals surface area (Å²) in [5.41, 5.74) is 0. The Morgan fingerprint density at radius 3 is 2.71 bits per heavy atom. The molecule has 0 bridgehead atoms. The molecule has 2 rings (SSSR count). The molecule has 0 aliphatic carbocycles. The van der Waals surface area contributed by atoms with E-state index in [2.05, 4.69) is 12.2 Å². The van der Waals surface area contributed by atoms with E-state index in [4.69, 9.17) is 9.47 Å². The highest BCUT2D eigenvalue weighted by molar-refractivity contribution is 5.77. The number of carbonyl (C=O) groups is 1. The number of hydrogen-bond donors (Lipinski definition) is 1. The fourth-order valence-electron chi connectivity index (χ4n) is 2.23. The topological polar surface area (TPSA) is 50.8 Å². The van der Waals surface area contributed by atoms with Crippen molar-refractivity contribution in [1.82, 2.24) is 10.2 Å². The largest absolute Gasteiger partial charge is 0.490 e. The molecular weight excluding hydrogens is 268 g/mol. The summed E-state index contributed by atoms with van der Waals surface area (Å²) < 4.78 is 11.3. The molecule has 5 heteroatoms. The molecule has 1 saturated heterocycles. The third-order valence-corrected chi connectivity index (χ3v) is 3.35. The fourth-order valence-corrected chi connectivity index (χ4v) is 2.23. The Balaban J connectivity index is 1.88. The quantitative estimate of drug-likeness (QED) is 0.866. The van der Waals surface area contributed by atoms with Gasteiger partial charge >= 0.3 is 0 Å². The lowest BCUT2D eigenvalue weighted by molar-refractivity contribution is -0.133. The molecule has 21 heavy (non-hydrogen) atoms. The Morgan fingerprint density at radius 2 is 1.95 bits per heavy atom. The van der Waals surface area contributed by atoms with E-state index in [-0.39, 0.29) is 12.5 Å². The van der Waals surface area contributed by atoms with Crippen LogP contribution in [-0.4, -0.2) is 50.2 Å². The predicted molar refractivity (Wildman–Crippen MR) is 81.8 cm³/mol. The lowest BCUT2D eigenvalue weighted by Gasteiger charge is -2.20. The van der Waals surface area contributed by atoms with E-state index in [1.165, 1.54) is 0 Å². The zero-order valence-corrected chi connectivity index (χ0v) is 12.6. The number of para-hydroxylation sites is 2. The van der Waals surface area contributed by atoms with Gasteiger partial charge in [-0.2, -0.15) is 0 Å². The van der Waals surface area contributed by atoms with Crippen LogP contribution in [0.15, 0.2) is 24.3 Å². The molecule has 1 N–H and O–H groups in total. The van der Waals surface area contributed by atoms with Crippen LogP contribution in [0.1, 0.15) is 19.8 Å². The first-order chi connectivity index (χ1) is 10.3. The average Bonchev–Trinajstić information content (AvgIpc) is 2.80. The van der Waals surface area contributed by atoms with Crippen molar-refractivity contribution in [2.24, 2.45) is 0 Å². The predicted octanol–water partition coefficient (Wildman–Crippen LogP) is 1.68. The number of nitrogens with one attached hydrogen (secondary N) is 1. The minimum absolute atomic E-state index is 0.0315. The second kappa shape index (κ2) is 8.52. The Bertz CT molecular complexity index is 443. The van der Waals surface area contributed by atoms with Gasteiger partial charge < -0.3 is 19.7 Å². The molecule has 1 heterocycles. The first-order valence-corrected chi connectivity index (χ1v) is 7.64. The van der Waals surface area contributed by atoms with Crippen LogP contribution in [0.2, 0.25) is 0 Å². The number of ether oxygens (including phenoxy) is 2. The van der Waals surface area contributed by atoms with Crippen LogP contribution in [0.5, 0.6) is 11.5 Å². The summed E-state index contributed by atoms with van der Waals surface area (Å²) in [5, 5.41) is 3.28. The lowest BCUT2D eigenvalue weighted by Crippen LogP contribution is -2.37. The highest BCUT2D eigenvalue weighted by atomic mass is 16.5. The maximum Gasteiger partial charge on any atom is 0.260 e. The summed E-state index contributed by atoms with van der Waals surface area (Å²) in [7, 11) is 0. The van der Waals surface area contributed by atoms with E-state index < -0.39 is 0 Å². The number of rotatable bonds is 6. The second-order valence-electron chi connectivity index (χ2n) is 5.07. The van der Waals surface area contributed by atoms with Crippen LogP contribution in [0.4, 0.5) is 0 Å². The first-order valence-electron chi connectivity index (χ1n) is 7.64. The van der Waals surface area contributed by atoms with Crippen molar-refractivity contribution in [3.05, 3.63) is 24.3 Å². The molecule has 0 unspecified atom stereocenters. The minimum atomic E-state index is 0.0315. The highest BCUT2D eigenvalue weighted by Gasteiger charge is 2.16. The molecule has 1 aliphatic heterocycles. The number of benzene rings is 1. The van der Waals surface area contributed by atoms with Crippen LogP contribution >= 0.6 is 0 Å². The maximum absolute atomic E-state index is 12.2. The Kier molecular flexibility index (Phi) is 6.34. The SMILES string of the molecule is CCCOc1ccccc1OCC(=O)N1CCCNCC1. The van der Waals surface area contributed by atoms with Gasteiger partial charge in [0.15, 0.2) is 18.1 Å². The minimum Gasteiger partial charge on any atom is -0.490 e. The summed E-state index contributed by atoms with van der Waals surface area (Å²) >= 11 is 0. The third-order valence-electron chi connectivity index (χ3n) is 3.35. The van der Waals surface area contributed by atoms with Crippen LogP contribution in [0.3, 0.4) is 0 Å². The molecule has 1 aliphatic rings. The average molecular weight is 292 g/mol. The van der Waals surface area contributed by atoms with Crippen molar-refractivity contribution in [2.75, 3.05) is 39.4 Å². The first kappa shape index (κ1) is 15.6. The van der Waals surface area contributed by atoms with E-state index in [9.17, 15) is 4.79 Å². The van der Waals surface area contributed by atoms with Crippen LogP contribution < -0.4 is 14.8 Å². The normalized spacial score (nSPS) is 15.4. The molecule has 1 fully saturated rings. The summed E-state index contributed by atoms with van der Waals surface area (Å²) in [5.74, 6) is 1.36. The third kappa shape index (κ3) is 4.93. The molecule has 1 aromatic carbocycles. The van der Waals surface area contributed by atoms with Crippen molar-refractivity contribution >= 4 is 5.91 Å². The Hall–Kier alpha value is -1.75. The molecule has 0 aromatic heterocycles. The van der Waals surface area contributed by atoms with Gasteiger partial charge in [0.2, 0.25) is 0 Å². The van der Waals surface area contributed by atoms with Gasteiger partial charge in [0, 0.05) is 19.6 Å².